The number of hydrogen-bond acceptors (Lipinski definition) is 4. The van der Waals surface area contributed by atoms with Crippen LogP contribution in [-0.2, 0) is 32.6 Å². The Morgan fingerprint density at radius 3 is 2.11 bits per heavy atom. The fraction of sp³-hybridized carbons (Fsp3) is 0.297. The number of sulfonamides is 1. The Morgan fingerprint density at radius 1 is 0.826 bits per heavy atom. The van der Waals surface area contributed by atoms with E-state index in [9.17, 15) is 18.0 Å². The van der Waals surface area contributed by atoms with Gasteiger partial charge in [0.25, 0.3) is 10.0 Å². The van der Waals surface area contributed by atoms with Crippen molar-refractivity contribution in [1.29, 1.82) is 0 Å². The molecule has 240 valence electrons. The van der Waals surface area contributed by atoms with Crippen molar-refractivity contribution in [1.82, 2.24) is 10.2 Å². The number of amides is 2. The van der Waals surface area contributed by atoms with Gasteiger partial charge in [0.15, 0.2) is 0 Å². The van der Waals surface area contributed by atoms with Crippen LogP contribution in [0.3, 0.4) is 0 Å². The summed E-state index contributed by atoms with van der Waals surface area (Å²) in [7, 11) is -4.21. The molecule has 1 atom stereocenters. The lowest BCUT2D eigenvalue weighted by Crippen LogP contribution is -2.55. The van der Waals surface area contributed by atoms with Gasteiger partial charge in [-0.2, -0.15) is 0 Å². The summed E-state index contributed by atoms with van der Waals surface area (Å²) in [6.07, 6.45) is 5.30. The van der Waals surface area contributed by atoms with E-state index in [1.807, 2.05) is 61.5 Å². The quantitative estimate of drug-likeness (QED) is 0.179. The zero-order valence-electron chi connectivity index (χ0n) is 26.0. The SMILES string of the molecule is Cc1ccccc1CN(C(=O)CN(c1ccccc1Cl)S(=O)(=O)c1ccccc1)[C@H](Cc1ccccc1)C(=O)NC1CCCCC1. The van der Waals surface area contributed by atoms with E-state index in [4.69, 9.17) is 11.6 Å². The van der Waals surface area contributed by atoms with Crippen LogP contribution in [0.1, 0.15) is 48.8 Å². The van der Waals surface area contributed by atoms with E-state index >= 15 is 0 Å². The molecule has 0 saturated heterocycles. The van der Waals surface area contributed by atoms with Gasteiger partial charge < -0.3 is 10.2 Å². The highest BCUT2D eigenvalue weighted by molar-refractivity contribution is 7.92. The summed E-state index contributed by atoms with van der Waals surface area (Å²) in [5.41, 5.74) is 2.91. The highest BCUT2D eigenvalue weighted by Crippen LogP contribution is 2.31. The van der Waals surface area contributed by atoms with E-state index in [0.717, 1.165) is 53.1 Å². The summed E-state index contributed by atoms with van der Waals surface area (Å²) in [4.78, 5) is 30.4. The second-order valence-electron chi connectivity index (χ2n) is 11.8. The summed E-state index contributed by atoms with van der Waals surface area (Å²) in [5.74, 6) is -0.754. The molecule has 9 heteroatoms. The van der Waals surface area contributed by atoms with Crippen LogP contribution in [0.5, 0.6) is 0 Å². The number of anilines is 1. The second-order valence-corrected chi connectivity index (χ2v) is 14.0. The van der Waals surface area contributed by atoms with E-state index in [1.165, 1.54) is 17.0 Å². The van der Waals surface area contributed by atoms with Crippen molar-refractivity contribution in [3.63, 3.8) is 0 Å². The van der Waals surface area contributed by atoms with Crippen molar-refractivity contribution < 1.29 is 18.0 Å². The summed E-state index contributed by atoms with van der Waals surface area (Å²) >= 11 is 6.56. The van der Waals surface area contributed by atoms with E-state index in [-0.39, 0.29) is 40.5 Å². The van der Waals surface area contributed by atoms with Gasteiger partial charge in [-0.1, -0.05) is 116 Å². The van der Waals surface area contributed by atoms with Gasteiger partial charge in [0.2, 0.25) is 11.8 Å². The molecule has 0 radical (unpaired) electrons. The summed E-state index contributed by atoms with van der Waals surface area (Å²) in [6.45, 7) is 1.54. The van der Waals surface area contributed by atoms with Gasteiger partial charge in [-0.15, -0.1) is 0 Å². The highest BCUT2D eigenvalue weighted by atomic mass is 35.5. The Labute approximate surface area is 277 Å². The van der Waals surface area contributed by atoms with Crippen molar-refractivity contribution in [3.8, 4) is 0 Å². The molecular weight excluding hydrogens is 618 g/mol. The second kappa shape index (κ2) is 15.4. The largest absolute Gasteiger partial charge is 0.352 e. The van der Waals surface area contributed by atoms with Crippen LogP contribution < -0.4 is 9.62 Å². The van der Waals surface area contributed by atoms with Crippen LogP contribution >= 0.6 is 11.6 Å². The van der Waals surface area contributed by atoms with Crippen LogP contribution in [0.15, 0.2) is 114 Å². The van der Waals surface area contributed by atoms with Gasteiger partial charge in [-0.25, -0.2) is 8.42 Å². The minimum Gasteiger partial charge on any atom is -0.352 e. The van der Waals surface area contributed by atoms with E-state index in [2.05, 4.69) is 5.32 Å². The fourth-order valence-corrected chi connectivity index (χ4v) is 7.70. The lowest BCUT2D eigenvalue weighted by Gasteiger charge is -2.35. The number of nitrogens with zero attached hydrogens (tertiary/aromatic N) is 2. The maximum atomic E-state index is 14.7. The zero-order chi connectivity index (χ0) is 32.5. The summed E-state index contributed by atoms with van der Waals surface area (Å²) in [6, 6.07) is 31.0. The molecule has 0 bridgehead atoms. The maximum Gasteiger partial charge on any atom is 0.264 e. The van der Waals surface area contributed by atoms with Crippen molar-refractivity contribution >= 4 is 39.1 Å². The molecule has 0 spiro atoms. The summed E-state index contributed by atoms with van der Waals surface area (Å²) < 4.78 is 29.3. The molecule has 2 amide bonds. The number of hydrogen-bond donors (Lipinski definition) is 1. The van der Waals surface area contributed by atoms with Crippen molar-refractivity contribution in [2.24, 2.45) is 0 Å². The first-order valence-electron chi connectivity index (χ1n) is 15.7. The molecule has 0 aliphatic heterocycles. The number of nitrogens with one attached hydrogen (secondary N) is 1. The smallest absolute Gasteiger partial charge is 0.264 e. The number of aryl methyl sites for hydroxylation is 1. The minimum atomic E-state index is -4.21. The fourth-order valence-electron chi connectivity index (χ4n) is 5.96. The maximum absolute atomic E-state index is 14.7. The summed E-state index contributed by atoms with van der Waals surface area (Å²) in [5, 5.41) is 3.43. The number of rotatable bonds is 12. The molecule has 0 unspecified atom stereocenters. The molecule has 4 aromatic carbocycles. The molecule has 1 saturated carbocycles. The Morgan fingerprint density at radius 2 is 1.43 bits per heavy atom. The molecule has 0 aromatic heterocycles. The number of carbonyl (C=O) groups excluding carboxylic acids is 2. The predicted octanol–water partition coefficient (Wildman–Crippen LogP) is 6.93. The van der Waals surface area contributed by atoms with Crippen molar-refractivity contribution in [2.75, 3.05) is 10.8 Å². The number of carbonyl (C=O) groups is 2. The van der Waals surface area contributed by atoms with E-state index in [0.29, 0.717) is 0 Å². The van der Waals surface area contributed by atoms with Crippen LogP contribution in [0, 0.1) is 6.92 Å². The normalized spacial score (nSPS) is 14.3. The van der Waals surface area contributed by atoms with Crippen molar-refractivity contribution in [3.05, 3.63) is 131 Å². The van der Waals surface area contributed by atoms with E-state index in [1.54, 1.807) is 42.5 Å². The molecule has 1 fully saturated rings. The Balaban J connectivity index is 1.57. The lowest BCUT2D eigenvalue weighted by atomic mass is 9.94. The van der Waals surface area contributed by atoms with Crippen LogP contribution in [0.25, 0.3) is 0 Å². The molecule has 0 heterocycles. The van der Waals surface area contributed by atoms with Gasteiger partial charge in [0.1, 0.15) is 12.6 Å². The zero-order valence-corrected chi connectivity index (χ0v) is 27.6. The Bertz CT molecular complexity index is 1730. The van der Waals surface area contributed by atoms with Gasteiger partial charge in [0, 0.05) is 19.0 Å². The molecule has 4 aromatic rings. The third-order valence-corrected chi connectivity index (χ3v) is 10.6. The first kappa shape index (κ1) is 33.2. The van der Waals surface area contributed by atoms with Crippen LogP contribution in [0.2, 0.25) is 5.02 Å². The molecule has 7 nitrogen and oxygen atoms in total. The molecule has 1 aliphatic carbocycles. The third kappa shape index (κ3) is 8.17. The topological polar surface area (TPSA) is 86.8 Å². The van der Waals surface area contributed by atoms with Gasteiger partial charge in [-0.05, 0) is 60.7 Å². The van der Waals surface area contributed by atoms with Crippen LogP contribution in [-0.4, -0.2) is 43.8 Å². The number of benzene rings is 4. The molecule has 1 N–H and O–H groups in total. The van der Waals surface area contributed by atoms with Gasteiger partial charge in [-0.3, -0.25) is 13.9 Å². The third-order valence-electron chi connectivity index (χ3n) is 8.56. The molecular formula is C37H40ClN3O4S. The standard InChI is InChI=1S/C37H40ClN3O4S/c1-28-15-11-12-18-30(28)26-40(35(25-29-16-5-2-6-17-29)37(43)39-31-19-7-3-8-20-31)36(42)27-41(34-24-14-13-23-33(34)38)46(44,45)32-21-9-4-10-22-32/h2,4-6,9-18,21-24,31,35H,3,7-8,19-20,25-27H2,1H3,(H,39,43)/t35-/m1/s1. The first-order chi connectivity index (χ1) is 22.2. The Hall–Kier alpha value is -4.14. The Kier molecular flexibility index (Phi) is 11.1. The molecule has 5 rings (SSSR count). The lowest BCUT2D eigenvalue weighted by molar-refractivity contribution is -0.140. The monoisotopic (exact) mass is 657 g/mol. The molecule has 1 aliphatic rings. The van der Waals surface area contributed by atoms with Crippen LogP contribution in [0.4, 0.5) is 5.69 Å². The molecule has 46 heavy (non-hydrogen) atoms. The van der Waals surface area contributed by atoms with E-state index < -0.39 is 28.5 Å². The predicted molar refractivity (Wildman–Crippen MR) is 183 cm³/mol. The van der Waals surface area contributed by atoms with Gasteiger partial charge >= 0.3 is 0 Å². The average molecular weight is 658 g/mol. The first-order valence-corrected chi connectivity index (χ1v) is 17.6. The minimum absolute atomic E-state index is 0.0315. The van der Waals surface area contributed by atoms with Gasteiger partial charge in [0.05, 0.1) is 15.6 Å². The number of para-hydroxylation sites is 1. The highest BCUT2D eigenvalue weighted by Gasteiger charge is 2.36. The average Bonchev–Trinajstić information content (AvgIpc) is 3.07. The number of halogens is 1. The van der Waals surface area contributed by atoms with Crippen molar-refractivity contribution in [2.45, 2.75) is 69.0 Å².